The minimum absolute atomic E-state index is 0.109. The standard InChI is InChI=1S/C18H23N5O4S2/c1-5-12(14-9-11(2)10-27-14)19-17-18(22-28-21-17)20-13-7-6-8-15(16(13)24)29(25,26)23(3)4/h6-10,12,24H,5H2,1-4H3,(H,19,21)(H,20,22)/t12-/m1/s1. The lowest BCUT2D eigenvalue weighted by molar-refractivity contribution is 0.454. The van der Waals surface area contributed by atoms with Crippen molar-refractivity contribution < 1.29 is 17.9 Å². The number of aromatic hydroxyl groups is 1. The summed E-state index contributed by atoms with van der Waals surface area (Å²) in [6.07, 6.45) is 2.44. The first kappa shape index (κ1) is 21.1. The fourth-order valence-electron chi connectivity index (χ4n) is 2.70. The zero-order chi connectivity index (χ0) is 21.2. The maximum absolute atomic E-state index is 12.4. The molecule has 3 N–H and O–H groups in total. The van der Waals surface area contributed by atoms with Gasteiger partial charge in [0.25, 0.3) is 0 Å². The van der Waals surface area contributed by atoms with Gasteiger partial charge in [-0.2, -0.15) is 8.75 Å². The summed E-state index contributed by atoms with van der Waals surface area (Å²) in [4.78, 5) is -0.192. The monoisotopic (exact) mass is 437 g/mol. The van der Waals surface area contributed by atoms with Crippen molar-refractivity contribution in [3.05, 3.63) is 41.9 Å². The smallest absolute Gasteiger partial charge is 0.246 e. The Kier molecular flexibility index (Phi) is 6.10. The summed E-state index contributed by atoms with van der Waals surface area (Å²) in [5, 5.41) is 16.8. The fraction of sp³-hybridized carbons (Fsp3) is 0.333. The molecule has 11 heteroatoms. The molecular formula is C18H23N5O4S2. The van der Waals surface area contributed by atoms with Gasteiger partial charge in [0.1, 0.15) is 10.7 Å². The van der Waals surface area contributed by atoms with Crippen molar-refractivity contribution in [2.75, 3.05) is 24.7 Å². The fourth-order valence-corrected chi connectivity index (χ4v) is 4.17. The van der Waals surface area contributed by atoms with Crippen LogP contribution in [0.25, 0.3) is 0 Å². The molecule has 0 fully saturated rings. The van der Waals surface area contributed by atoms with Gasteiger partial charge in [-0.05, 0) is 37.1 Å². The zero-order valence-corrected chi connectivity index (χ0v) is 18.1. The molecule has 0 saturated heterocycles. The van der Waals surface area contributed by atoms with Crippen LogP contribution < -0.4 is 10.6 Å². The van der Waals surface area contributed by atoms with Crippen LogP contribution >= 0.6 is 11.7 Å². The van der Waals surface area contributed by atoms with Gasteiger partial charge in [-0.15, -0.1) is 0 Å². The summed E-state index contributed by atoms with van der Waals surface area (Å²) >= 11 is 0.995. The highest BCUT2D eigenvalue weighted by Crippen LogP contribution is 2.36. The van der Waals surface area contributed by atoms with Crippen molar-refractivity contribution in [3.63, 3.8) is 0 Å². The summed E-state index contributed by atoms with van der Waals surface area (Å²) in [7, 11) is -0.983. The van der Waals surface area contributed by atoms with E-state index in [4.69, 9.17) is 4.42 Å². The molecule has 9 nitrogen and oxygen atoms in total. The normalized spacial score (nSPS) is 12.9. The van der Waals surface area contributed by atoms with E-state index < -0.39 is 10.0 Å². The number of hydrogen-bond donors (Lipinski definition) is 3. The van der Waals surface area contributed by atoms with Gasteiger partial charge >= 0.3 is 0 Å². The highest BCUT2D eigenvalue weighted by Gasteiger charge is 2.24. The number of phenols is 1. The number of hydrogen-bond acceptors (Lipinski definition) is 9. The molecule has 0 radical (unpaired) electrons. The molecule has 0 amide bonds. The molecule has 3 rings (SSSR count). The largest absolute Gasteiger partial charge is 0.504 e. The van der Waals surface area contributed by atoms with E-state index in [2.05, 4.69) is 19.4 Å². The molecule has 2 aromatic heterocycles. The van der Waals surface area contributed by atoms with Crippen molar-refractivity contribution in [1.29, 1.82) is 0 Å². The Morgan fingerprint density at radius 1 is 1.28 bits per heavy atom. The first-order chi connectivity index (χ1) is 13.7. The Morgan fingerprint density at radius 3 is 2.62 bits per heavy atom. The first-order valence-electron chi connectivity index (χ1n) is 8.89. The number of nitrogens with one attached hydrogen (secondary N) is 2. The molecule has 0 unspecified atom stereocenters. The Balaban J connectivity index is 1.87. The number of anilines is 3. The number of phenolic OH excluding ortho intramolecular Hbond substituents is 1. The van der Waals surface area contributed by atoms with Crippen LogP contribution in [0.15, 0.2) is 39.8 Å². The molecule has 0 aliphatic carbocycles. The second kappa shape index (κ2) is 8.39. The third kappa shape index (κ3) is 4.36. The van der Waals surface area contributed by atoms with Crippen LogP contribution in [0.4, 0.5) is 17.3 Å². The van der Waals surface area contributed by atoms with E-state index >= 15 is 0 Å². The summed E-state index contributed by atoms with van der Waals surface area (Å²) in [5.74, 6) is 1.27. The van der Waals surface area contributed by atoms with E-state index in [0.717, 1.165) is 33.8 Å². The number of sulfonamides is 1. The van der Waals surface area contributed by atoms with Crippen molar-refractivity contribution in [1.82, 2.24) is 13.1 Å². The van der Waals surface area contributed by atoms with Crippen molar-refractivity contribution in [3.8, 4) is 5.75 Å². The van der Waals surface area contributed by atoms with Gasteiger partial charge in [-0.1, -0.05) is 13.0 Å². The topological polar surface area (TPSA) is 121 Å². The van der Waals surface area contributed by atoms with Crippen LogP contribution in [0.5, 0.6) is 5.75 Å². The third-order valence-electron chi connectivity index (χ3n) is 4.31. The molecule has 0 saturated carbocycles. The highest BCUT2D eigenvalue weighted by molar-refractivity contribution is 7.89. The highest BCUT2D eigenvalue weighted by atomic mass is 32.2. The lowest BCUT2D eigenvalue weighted by atomic mass is 10.1. The zero-order valence-electron chi connectivity index (χ0n) is 16.5. The summed E-state index contributed by atoms with van der Waals surface area (Å²) < 4.78 is 39.9. The second-order valence-corrected chi connectivity index (χ2v) is 9.31. The van der Waals surface area contributed by atoms with E-state index in [1.54, 1.807) is 18.4 Å². The van der Waals surface area contributed by atoms with Crippen LogP contribution in [0.1, 0.15) is 30.7 Å². The van der Waals surface area contributed by atoms with E-state index in [0.29, 0.717) is 11.6 Å². The maximum atomic E-state index is 12.4. The number of aryl methyl sites for hydroxylation is 1. The summed E-state index contributed by atoms with van der Waals surface area (Å²) in [6, 6.07) is 6.31. The third-order valence-corrected chi connectivity index (χ3v) is 6.69. The molecule has 0 spiro atoms. The molecule has 1 aromatic carbocycles. The Labute approximate surface area is 173 Å². The van der Waals surface area contributed by atoms with Gasteiger partial charge in [-0.3, -0.25) is 0 Å². The number of benzene rings is 1. The number of rotatable bonds is 8. The van der Waals surface area contributed by atoms with Crippen LogP contribution in [0.2, 0.25) is 0 Å². The molecule has 2 heterocycles. The maximum Gasteiger partial charge on any atom is 0.246 e. The molecule has 1 atom stereocenters. The number of furan rings is 1. The van der Waals surface area contributed by atoms with Crippen molar-refractivity contribution in [2.24, 2.45) is 0 Å². The Hall–Kier alpha value is -2.63. The predicted octanol–water partition coefficient (Wildman–Crippen LogP) is 3.70. The van der Waals surface area contributed by atoms with E-state index in [9.17, 15) is 13.5 Å². The molecular weight excluding hydrogens is 414 g/mol. The number of aromatic nitrogens is 2. The van der Waals surface area contributed by atoms with Gasteiger partial charge < -0.3 is 20.2 Å². The van der Waals surface area contributed by atoms with E-state index in [1.807, 2.05) is 19.9 Å². The molecule has 3 aromatic rings. The molecule has 29 heavy (non-hydrogen) atoms. The van der Waals surface area contributed by atoms with Crippen molar-refractivity contribution in [2.45, 2.75) is 31.2 Å². The minimum Gasteiger partial charge on any atom is -0.504 e. The molecule has 0 aliphatic rings. The average Bonchev–Trinajstić information content (AvgIpc) is 3.29. The van der Waals surface area contributed by atoms with E-state index in [-0.39, 0.29) is 22.4 Å². The number of para-hydroxylation sites is 1. The summed E-state index contributed by atoms with van der Waals surface area (Å²) in [5.41, 5.74) is 1.24. The molecule has 0 bridgehead atoms. The molecule has 0 aliphatic heterocycles. The number of nitrogens with zero attached hydrogens (tertiary/aromatic N) is 3. The average molecular weight is 438 g/mol. The van der Waals surface area contributed by atoms with Gasteiger partial charge in [0, 0.05) is 14.1 Å². The van der Waals surface area contributed by atoms with Crippen LogP contribution in [0.3, 0.4) is 0 Å². The van der Waals surface area contributed by atoms with Gasteiger partial charge in [-0.25, -0.2) is 12.7 Å². The van der Waals surface area contributed by atoms with Gasteiger partial charge in [0.15, 0.2) is 17.4 Å². The summed E-state index contributed by atoms with van der Waals surface area (Å²) in [6.45, 7) is 3.97. The van der Waals surface area contributed by atoms with Crippen LogP contribution in [-0.4, -0.2) is 40.7 Å². The van der Waals surface area contributed by atoms with Gasteiger partial charge in [0.2, 0.25) is 10.0 Å². The lowest BCUT2D eigenvalue weighted by Crippen LogP contribution is -2.22. The second-order valence-electron chi connectivity index (χ2n) is 6.66. The predicted molar refractivity (Wildman–Crippen MR) is 112 cm³/mol. The van der Waals surface area contributed by atoms with Crippen LogP contribution in [0, 0.1) is 6.92 Å². The van der Waals surface area contributed by atoms with Crippen LogP contribution in [-0.2, 0) is 10.0 Å². The van der Waals surface area contributed by atoms with E-state index in [1.165, 1.54) is 20.2 Å². The lowest BCUT2D eigenvalue weighted by Gasteiger charge is -2.17. The minimum atomic E-state index is -3.79. The first-order valence-corrected chi connectivity index (χ1v) is 11.1. The quantitative estimate of drug-likeness (QED) is 0.456. The van der Waals surface area contributed by atoms with Crippen molar-refractivity contribution >= 4 is 39.1 Å². The molecule has 156 valence electrons. The van der Waals surface area contributed by atoms with Gasteiger partial charge in [0.05, 0.1) is 29.7 Å². The SMILES string of the molecule is CC[C@@H](Nc1nsnc1Nc1cccc(S(=O)(=O)N(C)C)c1O)c1cc(C)co1. The Bertz CT molecular complexity index is 1090. The Morgan fingerprint density at radius 2 is 2.00 bits per heavy atom.